The third kappa shape index (κ3) is 3.21. The molecule has 0 radical (unpaired) electrons. The molecule has 2 fully saturated rings. The highest BCUT2D eigenvalue weighted by Gasteiger charge is 2.46. The smallest absolute Gasteiger partial charge is 0.410 e. The van der Waals surface area contributed by atoms with Crippen LogP contribution in [0.4, 0.5) is 4.79 Å². The topological polar surface area (TPSA) is 101 Å². The molecule has 28 heavy (non-hydrogen) atoms. The van der Waals surface area contributed by atoms with Crippen molar-refractivity contribution in [1.82, 2.24) is 19.5 Å². The van der Waals surface area contributed by atoms with E-state index in [1.54, 1.807) is 6.20 Å². The number of amides is 1. The molecule has 4 rings (SSSR count). The minimum absolute atomic E-state index is 0.0177. The maximum absolute atomic E-state index is 13.1. The van der Waals surface area contributed by atoms with E-state index in [1.165, 1.54) is 16.9 Å². The van der Waals surface area contributed by atoms with Gasteiger partial charge in [0.25, 0.3) is 0 Å². The third-order valence-corrected chi connectivity index (χ3v) is 5.47. The molecule has 4 heterocycles. The molecule has 0 aliphatic carbocycles. The van der Waals surface area contributed by atoms with Crippen molar-refractivity contribution in [2.45, 2.75) is 64.1 Å². The van der Waals surface area contributed by atoms with Crippen molar-refractivity contribution in [2.75, 3.05) is 0 Å². The monoisotopic (exact) mass is 381 g/mol. The van der Waals surface area contributed by atoms with Crippen LogP contribution >= 0.6 is 0 Å². The number of hydrogen-bond acceptors (Lipinski definition) is 6. The second-order valence-electron chi connectivity index (χ2n) is 8.59. The van der Waals surface area contributed by atoms with Crippen molar-refractivity contribution in [3.05, 3.63) is 29.7 Å². The second kappa shape index (κ2) is 6.59. The molecule has 0 spiro atoms. The van der Waals surface area contributed by atoms with Gasteiger partial charge in [-0.15, -0.1) is 0 Å². The summed E-state index contributed by atoms with van der Waals surface area (Å²) in [5, 5.41) is 13.2. The van der Waals surface area contributed by atoms with Crippen molar-refractivity contribution in [2.24, 2.45) is 5.92 Å². The highest BCUT2D eigenvalue weighted by atomic mass is 16.6. The third-order valence-electron chi connectivity index (χ3n) is 5.47. The highest BCUT2D eigenvalue weighted by molar-refractivity contribution is 5.97. The first-order valence-corrected chi connectivity index (χ1v) is 9.56. The number of nitriles is 1. The lowest BCUT2D eigenvalue weighted by atomic mass is 9.85. The molecule has 0 N–H and O–H groups in total. The number of ether oxygens (including phenoxy) is 1. The summed E-state index contributed by atoms with van der Waals surface area (Å²) in [6.07, 6.45) is 7.37. The van der Waals surface area contributed by atoms with Gasteiger partial charge >= 0.3 is 6.09 Å². The quantitative estimate of drug-likeness (QED) is 0.741. The Morgan fingerprint density at radius 3 is 2.50 bits per heavy atom. The van der Waals surface area contributed by atoms with Crippen LogP contribution in [0, 0.1) is 17.2 Å². The van der Waals surface area contributed by atoms with Gasteiger partial charge in [0.15, 0.2) is 11.4 Å². The van der Waals surface area contributed by atoms with Crippen molar-refractivity contribution in [1.29, 1.82) is 5.26 Å². The molecule has 2 unspecified atom stereocenters. The first kappa shape index (κ1) is 18.4. The summed E-state index contributed by atoms with van der Waals surface area (Å²) in [5.74, 6) is -0.134. The van der Waals surface area contributed by atoms with Crippen molar-refractivity contribution >= 4 is 17.5 Å². The van der Waals surface area contributed by atoms with E-state index in [0.717, 1.165) is 12.8 Å². The molecule has 0 saturated carbocycles. The van der Waals surface area contributed by atoms with Gasteiger partial charge in [0, 0.05) is 30.4 Å². The Morgan fingerprint density at radius 1 is 1.21 bits per heavy atom. The summed E-state index contributed by atoms with van der Waals surface area (Å²) >= 11 is 0. The number of rotatable bonds is 2. The van der Waals surface area contributed by atoms with Crippen LogP contribution < -0.4 is 0 Å². The molecule has 0 aromatic carbocycles. The van der Waals surface area contributed by atoms with Crippen molar-refractivity contribution < 1.29 is 14.3 Å². The molecular weight excluding hydrogens is 358 g/mol. The Morgan fingerprint density at radius 2 is 1.89 bits per heavy atom. The van der Waals surface area contributed by atoms with E-state index in [9.17, 15) is 9.59 Å². The zero-order valence-electron chi connectivity index (χ0n) is 16.3. The standard InChI is InChI=1S/C20H23N5O3/c1-20(2,3)28-19(27)25-15-4-5-16(25)7-12(6-15)17(26)14-9-22-18-13(8-21)10-23-24(18)11-14/h9-12,15-16H,4-7H2,1-3H3. The van der Waals surface area contributed by atoms with Crippen LogP contribution in [0.25, 0.3) is 5.65 Å². The van der Waals surface area contributed by atoms with Crippen LogP contribution in [0.2, 0.25) is 0 Å². The summed E-state index contributed by atoms with van der Waals surface area (Å²) in [7, 11) is 0. The Balaban J connectivity index is 1.51. The van der Waals surface area contributed by atoms with E-state index < -0.39 is 5.60 Å². The van der Waals surface area contributed by atoms with Gasteiger partial charge < -0.3 is 9.64 Å². The summed E-state index contributed by atoms with van der Waals surface area (Å²) in [5.41, 5.74) is 0.771. The molecule has 8 nitrogen and oxygen atoms in total. The summed E-state index contributed by atoms with van der Waals surface area (Å²) in [4.78, 5) is 31.7. The van der Waals surface area contributed by atoms with Crippen LogP contribution in [0.5, 0.6) is 0 Å². The van der Waals surface area contributed by atoms with Gasteiger partial charge in [0.2, 0.25) is 0 Å². The molecule has 2 bridgehead atoms. The molecule has 8 heteroatoms. The van der Waals surface area contributed by atoms with E-state index in [1.807, 2.05) is 31.7 Å². The Bertz CT molecular complexity index is 970. The van der Waals surface area contributed by atoms with Crippen LogP contribution in [0.15, 0.2) is 18.6 Å². The number of ketones is 1. The maximum Gasteiger partial charge on any atom is 0.410 e. The number of piperidine rings is 1. The highest BCUT2D eigenvalue weighted by Crippen LogP contribution is 2.40. The number of carbonyl (C=O) groups is 2. The van der Waals surface area contributed by atoms with Gasteiger partial charge in [-0.05, 0) is 46.5 Å². The molecular formula is C20H23N5O3. The van der Waals surface area contributed by atoms with Crippen LogP contribution in [0.3, 0.4) is 0 Å². The van der Waals surface area contributed by atoms with E-state index in [2.05, 4.69) is 10.1 Å². The SMILES string of the molecule is CC(C)(C)OC(=O)N1C2CCC1CC(C(=O)c1cnc3c(C#N)cnn3c1)C2. The number of fused-ring (bicyclic) bond motifs is 3. The Kier molecular flexibility index (Phi) is 4.33. The average Bonchev–Trinajstić information content (AvgIpc) is 3.17. The first-order valence-electron chi connectivity index (χ1n) is 9.56. The van der Waals surface area contributed by atoms with E-state index in [0.29, 0.717) is 29.6 Å². The molecule has 146 valence electrons. The van der Waals surface area contributed by atoms with Gasteiger partial charge in [0.1, 0.15) is 17.2 Å². The number of Topliss-reactive ketones (excluding diaryl/α,β-unsaturated/α-hetero) is 1. The minimum atomic E-state index is -0.531. The van der Waals surface area contributed by atoms with Gasteiger partial charge in [-0.1, -0.05) is 0 Å². The lowest BCUT2D eigenvalue weighted by Crippen LogP contribution is -2.49. The van der Waals surface area contributed by atoms with Crippen LogP contribution in [-0.4, -0.2) is 49.1 Å². The van der Waals surface area contributed by atoms with Crippen molar-refractivity contribution in [3.63, 3.8) is 0 Å². The maximum atomic E-state index is 13.1. The largest absolute Gasteiger partial charge is 0.444 e. The predicted octanol–water partition coefficient (Wildman–Crippen LogP) is 2.96. The molecule has 2 aliphatic heterocycles. The van der Waals surface area contributed by atoms with Crippen molar-refractivity contribution in [3.8, 4) is 6.07 Å². The van der Waals surface area contributed by atoms with Gasteiger partial charge in [-0.25, -0.2) is 14.3 Å². The molecule has 2 aromatic rings. The first-order chi connectivity index (χ1) is 13.3. The molecule has 2 atom stereocenters. The number of aromatic nitrogens is 3. The Hall–Kier alpha value is -2.95. The fraction of sp³-hybridized carbons (Fsp3) is 0.550. The van der Waals surface area contributed by atoms with Crippen LogP contribution in [0.1, 0.15) is 62.4 Å². The summed E-state index contributed by atoms with van der Waals surface area (Å²) in [6, 6.07) is 2.11. The predicted molar refractivity (Wildman–Crippen MR) is 99.6 cm³/mol. The lowest BCUT2D eigenvalue weighted by Gasteiger charge is -2.39. The van der Waals surface area contributed by atoms with E-state index in [-0.39, 0.29) is 29.9 Å². The molecule has 1 amide bonds. The number of hydrogen-bond donors (Lipinski definition) is 0. The second-order valence-corrected chi connectivity index (χ2v) is 8.59. The van der Waals surface area contributed by atoms with Gasteiger partial charge in [0.05, 0.1) is 11.8 Å². The minimum Gasteiger partial charge on any atom is -0.444 e. The normalized spacial score (nSPS) is 24.2. The van der Waals surface area contributed by atoms with E-state index >= 15 is 0 Å². The Labute approximate surface area is 163 Å². The fourth-order valence-corrected chi connectivity index (χ4v) is 4.32. The number of carbonyl (C=O) groups excluding carboxylic acids is 2. The summed E-state index contributed by atoms with van der Waals surface area (Å²) in [6.45, 7) is 5.58. The van der Waals surface area contributed by atoms with Gasteiger partial charge in [-0.2, -0.15) is 10.4 Å². The van der Waals surface area contributed by atoms with E-state index in [4.69, 9.17) is 10.00 Å². The lowest BCUT2D eigenvalue weighted by molar-refractivity contribution is 0.00253. The fourth-order valence-electron chi connectivity index (χ4n) is 4.32. The van der Waals surface area contributed by atoms with Gasteiger partial charge in [-0.3, -0.25) is 4.79 Å². The summed E-state index contributed by atoms with van der Waals surface area (Å²) < 4.78 is 7.02. The molecule has 2 aliphatic rings. The molecule has 2 aromatic heterocycles. The zero-order chi connectivity index (χ0) is 20.1. The molecule has 2 saturated heterocycles. The van der Waals surface area contributed by atoms with Crippen LogP contribution in [-0.2, 0) is 4.74 Å². The average molecular weight is 381 g/mol. The zero-order valence-corrected chi connectivity index (χ0v) is 16.3. The number of nitrogens with zero attached hydrogens (tertiary/aromatic N) is 5.